The number of rotatable bonds is 5. The molecule has 2 N–H and O–H groups in total. The molecule has 0 aliphatic heterocycles. The number of nitrogens with zero attached hydrogens (tertiary/aromatic N) is 2. The highest BCUT2D eigenvalue weighted by Gasteiger charge is 2.08. The lowest BCUT2D eigenvalue weighted by molar-refractivity contribution is 0.0696. The van der Waals surface area contributed by atoms with Crippen molar-refractivity contribution in [3.05, 3.63) is 47.4 Å². The molecule has 5 heteroatoms. The van der Waals surface area contributed by atoms with Crippen LogP contribution in [0.3, 0.4) is 0 Å². The molecule has 20 heavy (non-hydrogen) atoms. The second kappa shape index (κ2) is 6.14. The molecule has 2 aromatic heterocycles. The van der Waals surface area contributed by atoms with E-state index >= 15 is 0 Å². The van der Waals surface area contributed by atoms with Gasteiger partial charge in [-0.15, -0.1) is 0 Å². The van der Waals surface area contributed by atoms with Gasteiger partial charge < -0.3 is 10.4 Å². The second-order valence-corrected chi connectivity index (χ2v) is 4.66. The van der Waals surface area contributed by atoms with Gasteiger partial charge in [-0.3, -0.25) is 4.98 Å². The third-order valence-electron chi connectivity index (χ3n) is 2.78. The third-order valence-corrected chi connectivity index (χ3v) is 2.78. The first-order valence-corrected chi connectivity index (χ1v) is 6.51. The molecule has 0 spiro atoms. The van der Waals surface area contributed by atoms with E-state index in [-0.39, 0.29) is 5.56 Å². The second-order valence-electron chi connectivity index (χ2n) is 4.66. The maximum atomic E-state index is 11.1. The number of nitrogens with one attached hydrogen (secondary N) is 1. The zero-order chi connectivity index (χ0) is 14.5. The van der Waals surface area contributed by atoms with Gasteiger partial charge in [0.25, 0.3) is 0 Å². The van der Waals surface area contributed by atoms with Gasteiger partial charge in [-0.25, -0.2) is 9.78 Å². The summed E-state index contributed by atoms with van der Waals surface area (Å²) >= 11 is 0. The van der Waals surface area contributed by atoms with Gasteiger partial charge in [0.1, 0.15) is 5.82 Å². The minimum absolute atomic E-state index is 0.242. The number of anilines is 2. The number of aromatic carboxylic acids is 1. The van der Waals surface area contributed by atoms with Gasteiger partial charge in [0.15, 0.2) is 0 Å². The smallest absolute Gasteiger partial charge is 0.335 e. The fraction of sp³-hybridized carbons (Fsp3) is 0.267. The van der Waals surface area contributed by atoms with Crippen molar-refractivity contribution in [1.29, 1.82) is 0 Å². The molecule has 0 unspecified atom stereocenters. The SMILES string of the molecule is CCCc1cc(C(=O)O)cc(Nc2cncc(C)c2)n1. The fourth-order valence-electron chi connectivity index (χ4n) is 1.93. The Morgan fingerprint density at radius 3 is 2.75 bits per heavy atom. The highest BCUT2D eigenvalue weighted by molar-refractivity contribution is 5.88. The minimum atomic E-state index is -0.949. The highest BCUT2D eigenvalue weighted by atomic mass is 16.4. The molecule has 0 saturated carbocycles. The summed E-state index contributed by atoms with van der Waals surface area (Å²) < 4.78 is 0. The molecule has 0 atom stereocenters. The molecule has 0 aromatic carbocycles. The summed E-state index contributed by atoms with van der Waals surface area (Å²) in [5.74, 6) is -0.420. The van der Waals surface area contributed by atoms with Crippen molar-refractivity contribution < 1.29 is 9.90 Å². The molecule has 0 aliphatic carbocycles. The van der Waals surface area contributed by atoms with Crippen LogP contribution in [0.1, 0.15) is 35.0 Å². The van der Waals surface area contributed by atoms with Crippen molar-refractivity contribution >= 4 is 17.5 Å². The number of aryl methyl sites for hydroxylation is 2. The lowest BCUT2D eigenvalue weighted by atomic mass is 10.1. The van der Waals surface area contributed by atoms with Gasteiger partial charge in [-0.2, -0.15) is 0 Å². The highest BCUT2D eigenvalue weighted by Crippen LogP contribution is 2.18. The summed E-state index contributed by atoms with van der Waals surface area (Å²) in [6, 6.07) is 5.08. The van der Waals surface area contributed by atoms with Crippen LogP contribution < -0.4 is 5.32 Å². The van der Waals surface area contributed by atoms with Crippen molar-refractivity contribution in [3.8, 4) is 0 Å². The Labute approximate surface area is 117 Å². The monoisotopic (exact) mass is 271 g/mol. The number of aromatic nitrogens is 2. The van der Waals surface area contributed by atoms with Crippen LogP contribution in [0.4, 0.5) is 11.5 Å². The standard InChI is InChI=1S/C15H17N3O2/c1-3-4-12-6-11(15(19)20)7-14(17-12)18-13-5-10(2)8-16-9-13/h5-9H,3-4H2,1-2H3,(H,17,18)(H,19,20). The van der Waals surface area contributed by atoms with E-state index in [0.717, 1.165) is 29.8 Å². The number of hydrogen-bond donors (Lipinski definition) is 2. The Hall–Kier alpha value is -2.43. The molecule has 0 bridgehead atoms. The predicted octanol–water partition coefficient (Wildman–Crippen LogP) is 3.18. The number of hydrogen-bond acceptors (Lipinski definition) is 4. The Balaban J connectivity index is 2.32. The summed E-state index contributed by atoms with van der Waals surface area (Å²) in [6.07, 6.45) is 5.11. The minimum Gasteiger partial charge on any atom is -0.478 e. The van der Waals surface area contributed by atoms with Gasteiger partial charge in [0.2, 0.25) is 0 Å². The number of carboxylic acids is 1. The number of carbonyl (C=O) groups is 1. The van der Waals surface area contributed by atoms with Gasteiger partial charge in [-0.05, 0) is 37.1 Å². The van der Waals surface area contributed by atoms with Crippen molar-refractivity contribution in [2.24, 2.45) is 0 Å². The third kappa shape index (κ3) is 3.54. The van der Waals surface area contributed by atoms with Crippen molar-refractivity contribution in [1.82, 2.24) is 9.97 Å². The first-order valence-electron chi connectivity index (χ1n) is 6.51. The quantitative estimate of drug-likeness (QED) is 0.873. The summed E-state index contributed by atoms with van der Waals surface area (Å²) in [5.41, 5.74) is 2.84. The number of carboxylic acid groups (broad SMARTS) is 1. The topological polar surface area (TPSA) is 75.1 Å². The lowest BCUT2D eigenvalue weighted by Gasteiger charge is -2.09. The number of pyridine rings is 2. The van der Waals surface area contributed by atoms with E-state index in [1.54, 1.807) is 18.5 Å². The van der Waals surface area contributed by atoms with E-state index in [4.69, 9.17) is 5.11 Å². The summed E-state index contributed by atoms with van der Waals surface area (Å²) in [4.78, 5) is 19.7. The van der Waals surface area contributed by atoms with Crippen LogP contribution in [0.2, 0.25) is 0 Å². The van der Waals surface area contributed by atoms with Gasteiger partial charge in [0, 0.05) is 11.9 Å². The van der Waals surface area contributed by atoms with Gasteiger partial charge >= 0.3 is 5.97 Å². The van der Waals surface area contributed by atoms with Crippen LogP contribution in [-0.4, -0.2) is 21.0 Å². The van der Waals surface area contributed by atoms with Crippen molar-refractivity contribution in [2.75, 3.05) is 5.32 Å². The van der Waals surface area contributed by atoms with Crippen molar-refractivity contribution in [3.63, 3.8) is 0 Å². The summed E-state index contributed by atoms with van der Waals surface area (Å²) in [5, 5.41) is 12.2. The Morgan fingerprint density at radius 2 is 2.10 bits per heavy atom. The van der Waals surface area contributed by atoms with E-state index in [2.05, 4.69) is 15.3 Å². The molecular formula is C15H17N3O2. The molecule has 5 nitrogen and oxygen atoms in total. The zero-order valence-electron chi connectivity index (χ0n) is 11.6. The molecule has 2 aromatic rings. The van der Waals surface area contributed by atoms with E-state index in [1.807, 2.05) is 19.9 Å². The maximum Gasteiger partial charge on any atom is 0.335 e. The van der Waals surface area contributed by atoms with Gasteiger partial charge in [-0.1, -0.05) is 13.3 Å². The van der Waals surface area contributed by atoms with E-state index < -0.39 is 5.97 Å². The molecule has 2 rings (SSSR count). The average Bonchev–Trinajstić information content (AvgIpc) is 2.38. The van der Waals surface area contributed by atoms with E-state index in [0.29, 0.717) is 5.82 Å². The predicted molar refractivity (Wildman–Crippen MR) is 77.4 cm³/mol. The average molecular weight is 271 g/mol. The van der Waals surface area contributed by atoms with E-state index in [1.165, 1.54) is 6.07 Å². The van der Waals surface area contributed by atoms with Gasteiger partial charge in [0.05, 0.1) is 17.4 Å². The molecule has 104 valence electrons. The van der Waals surface area contributed by atoms with Crippen LogP contribution >= 0.6 is 0 Å². The van der Waals surface area contributed by atoms with Crippen LogP contribution in [0.5, 0.6) is 0 Å². The zero-order valence-corrected chi connectivity index (χ0v) is 11.6. The van der Waals surface area contributed by atoms with Crippen LogP contribution in [0.15, 0.2) is 30.6 Å². The Bertz CT molecular complexity index is 626. The molecule has 0 radical (unpaired) electrons. The molecule has 0 amide bonds. The molecule has 2 heterocycles. The summed E-state index contributed by atoms with van der Waals surface area (Å²) in [7, 11) is 0. The first-order chi connectivity index (χ1) is 9.58. The largest absolute Gasteiger partial charge is 0.478 e. The maximum absolute atomic E-state index is 11.1. The summed E-state index contributed by atoms with van der Waals surface area (Å²) in [6.45, 7) is 3.98. The van der Waals surface area contributed by atoms with Crippen LogP contribution in [-0.2, 0) is 6.42 Å². The fourth-order valence-corrected chi connectivity index (χ4v) is 1.93. The Morgan fingerprint density at radius 1 is 1.30 bits per heavy atom. The van der Waals surface area contributed by atoms with Crippen LogP contribution in [0, 0.1) is 6.92 Å². The first kappa shape index (κ1) is 14.0. The lowest BCUT2D eigenvalue weighted by Crippen LogP contribution is -2.04. The Kier molecular flexibility index (Phi) is 4.30. The van der Waals surface area contributed by atoms with Crippen molar-refractivity contribution in [2.45, 2.75) is 26.7 Å². The van der Waals surface area contributed by atoms with Crippen LogP contribution in [0.25, 0.3) is 0 Å². The normalized spacial score (nSPS) is 10.3. The molecule has 0 aliphatic rings. The molecule has 0 fully saturated rings. The molecule has 0 saturated heterocycles. The van der Waals surface area contributed by atoms with E-state index in [9.17, 15) is 4.79 Å². The molecular weight excluding hydrogens is 254 g/mol.